The largest absolute Gasteiger partial charge is 0.493 e. The Kier molecular flexibility index (Phi) is 6.61. The van der Waals surface area contributed by atoms with Crippen LogP contribution in [0, 0.1) is 0 Å². The molecule has 3 aliphatic rings. The van der Waals surface area contributed by atoms with Crippen molar-refractivity contribution in [3.05, 3.63) is 59.8 Å². The van der Waals surface area contributed by atoms with E-state index in [0.29, 0.717) is 25.4 Å². The molecule has 3 aliphatic heterocycles. The number of amides is 1. The number of pyridine rings is 1. The van der Waals surface area contributed by atoms with Crippen LogP contribution in [0.15, 0.2) is 48.7 Å². The lowest BCUT2D eigenvalue weighted by molar-refractivity contribution is -0.00514. The molecule has 0 spiro atoms. The van der Waals surface area contributed by atoms with Crippen molar-refractivity contribution in [2.75, 3.05) is 55.8 Å². The lowest BCUT2D eigenvalue weighted by atomic mass is 9.99. The van der Waals surface area contributed by atoms with Gasteiger partial charge in [0.15, 0.2) is 0 Å². The summed E-state index contributed by atoms with van der Waals surface area (Å²) in [5.41, 5.74) is 4.54. The molecular weight excluding hydrogens is 468 g/mol. The van der Waals surface area contributed by atoms with Gasteiger partial charge in [-0.1, -0.05) is 30.3 Å². The predicted octanol–water partition coefficient (Wildman–Crippen LogP) is 3.94. The Balaban J connectivity index is 1.40. The zero-order valence-corrected chi connectivity index (χ0v) is 21.5. The minimum Gasteiger partial charge on any atom is -0.493 e. The maximum Gasteiger partial charge on any atom is 0.255 e. The number of carbonyl (C=O) groups excluding carboxylic acids is 1. The molecule has 2 fully saturated rings. The van der Waals surface area contributed by atoms with Crippen molar-refractivity contribution in [3.63, 3.8) is 0 Å². The molecule has 0 unspecified atom stereocenters. The molecule has 8 heteroatoms. The average molecular weight is 503 g/mol. The van der Waals surface area contributed by atoms with Crippen molar-refractivity contribution in [3.8, 4) is 5.75 Å². The van der Waals surface area contributed by atoms with E-state index in [1.165, 1.54) is 0 Å². The third-order valence-corrected chi connectivity index (χ3v) is 7.44. The van der Waals surface area contributed by atoms with Crippen LogP contribution in [0.1, 0.15) is 42.2 Å². The zero-order valence-electron chi connectivity index (χ0n) is 21.5. The predicted molar refractivity (Wildman–Crippen MR) is 144 cm³/mol. The summed E-state index contributed by atoms with van der Waals surface area (Å²) in [6.07, 6.45) is 2.77. The molecule has 6 rings (SSSR count). The summed E-state index contributed by atoms with van der Waals surface area (Å²) >= 11 is 0. The van der Waals surface area contributed by atoms with Crippen LogP contribution in [0.25, 0.3) is 10.9 Å². The summed E-state index contributed by atoms with van der Waals surface area (Å²) in [6.45, 7) is 9.15. The molecule has 37 heavy (non-hydrogen) atoms. The maximum atomic E-state index is 13.8. The number of carbonyl (C=O) groups is 1. The normalized spacial score (nSPS) is 23.9. The minimum atomic E-state index is -0.114. The number of ether oxygens (including phenoxy) is 3. The summed E-state index contributed by atoms with van der Waals surface area (Å²) in [6, 6.07) is 14.1. The van der Waals surface area contributed by atoms with Crippen molar-refractivity contribution in [2.24, 2.45) is 0 Å². The third-order valence-electron chi connectivity index (χ3n) is 7.44. The van der Waals surface area contributed by atoms with E-state index in [2.05, 4.69) is 47.2 Å². The highest BCUT2D eigenvalue weighted by Crippen LogP contribution is 2.37. The standard InChI is InChI=1S/C29H34N4O4/c1-19-17-33(18-20(2)37-19)25-8-5-7-22-27(25)30-16-23(28(22)32-11-14-35-15-12-32)29(34)31-24-10-13-36-26-9-4-3-6-21(24)26/h3-9,16,19-20,24H,10-15,17-18H2,1-2H3,(H,31,34)/t19-,20-,24+/m1/s1. The van der Waals surface area contributed by atoms with Crippen molar-refractivity contribution < 1.29 is 19.0 Å². The fourth-order valence-electron chi connectivity index (χ4n) is 5.85. The van der Waals surface area contributed by atoms with Gasteiger partial charge in [-0.15, -0.1) is 0 Å². The van der Waals surface area contributed by atoms with E-state index < -0.39 is 0 Å². The van der Waals surface area contributed by atoms with E-state index >= 15 is 0 Å². The zero-order chi connectivity index (χ0) is 25.4. The van der Waals surface area contributed by atoms with E-state index in [-0.39, 0.29) is 24.2 Å². The van der Waals surface area contributed by atoms with E-state index in [9.17, 15) is 4.79 Å². The van der Waals surface area contributed by atoms with Crippen molar-refractivity contribution in [2.45, 2.75) is 38.5 Å². The first kappa shape index (κ1) is 24.0. The summed E-state index contributed by atoms with van der Waals surface area (Å²) in [5.74, 6) is 0.722. The lowest BCUT2D eigenvalue weighted by Gasteiger charge is -2.37. The quantitative estimate of drug-likeness (QED) is 0.579. The highest BCUT2D eigenvalue weighted by atomic mass is 16.5. The van der Waals surface area contributed by atoms with Crippen molar-refractivity contribution in [1.29, 1.82) is 0 Å². The third kappa shape index (κ3) is 4.71. The molecule has 0 aliphatic carbocycles. The van der Waals surface area contributed by atoms with Crippen LogP contribution in [-0.4, -0.2) is 69.1 Å². The molecule has 194 valence electrons. The Morgan fingerprint density at radius 1 is 0.973 bits per heavy atom. The molecule has 1 N–H and O–H groups in total. The molecule has 8 nitrogen and oxygen atoms in total. The van der Waals surface area contributed by atoms with Gasteiger partial charge >= 0.3 is 0 Å². The van der Waals surface area contributed by atoms with E-state index in [4.69, 9.17) is 19.2 Å². The van der Waals surface area contributed by atoms with Crippen LogP contribution in [0.5, 0.6) is 5.75 Å². The molecular formula is C29H34N4O4. The van der Waals surface area contributed by atoms with Gasteiger partial charge in [-0.3, -0.25) is 9.78 Å². The van der Waals surface area contributed by atoms with Crippen molar-refractivity contribution in [1.82, 2.24) is 10.3 Å². The van der Waals surface area contributed by atoms with E-state index in [1.54, 1.807) is 6.20 Å². The van der Waals surface area contributed by atoms with Gasteiger partial charge in [-0.2, -0.15) is 0 Å². The molecule has 0 radical (unpaired) electrons. The minimum absolute atomic E-state index is 0.103. The fourth-order valence-corrected chi connectivity index (χ4v) is 5.85. The number of rotatable bonds is 4. The van der Waals surface area contributed by atoms with Gasteiger partial charge in [0.25, 0.3) is 5.91 Å². The molecule has 0 saturated carbocycles. The first-order valence-corrected chi connectivity index (χ1v) is 13.3. The smallest absolute Gasteiger partial charge is 0.255 e. The molecule has 0 bridgehead atoms. The number of benzene rings is 2. The molecule has 1 aromatic heterocycles. The second-order valence-electron chi connectivity index (χ2n) is 10.2. The summed E-state index contributed by atoms with van der Waals surface area (Å²) in [7, 11) is 0. The lowest BCUT2D eigenvalue weighted by Crippen LogP contribution is -2.45. The fraction of sp³-hybridized carbons (Fsp3) is 0.448. The highest BCUT2D eigenvalue weighted by Gasteiger charge is 2.29. The first-order chi connectivity index (χ1) is 18.1. The van der Waals surface area contributed by atoms with Gasteiger partial charge < -0.3 is 29.3 Å². The number of nitrogens with one attached hydrogen (secondary N) is 1. The Morgan fingerprint density at radius 3 is 2.57 bits per heavy atom. The number of hydrogen-bond donors (Lipinski definition) is 1. The maximum absolute atomic E-state index is 13.8. The highest BCUT2D eigenvalue weighted by molar-refractivity contribution is 6.09. The van der Waals surface area contributed by atoms with Gasteiger partial charge in [0.05, 0.1) is 60.5 Å². The van der Waals surface area contributed by atoms with Gasteiger partial charge in [0, 0.05) is 49.7 Å². The molecule has 4 heterocycles. The first-order valence-electron chi connectivity index (χ1n) is 13.3. The van der Waals surface area contributed by atoms with Crippen molar-refractivity contribution >= 4 is 28.2 Å². The Bertz CT molecular complexity index is 1280. The molecule has 1 amide bonds. The number of para-hydroxylation sites is 2. The Labute approximate surface area is 217 Å². The SMILES string of the molecule is C[C@@H]1CN(c2cccc3c(N4CCOCC4)c(C(=O)N[C@H]4CCOc5ccccc54)cnc23)C[C@@H](C)O1. The van der Waals surface area contributed by atoms with Gasteiger partial charge in [0.2, 0.25) is 0 Å². The molecule has 3 atom stereocenters. The van der Waals surface area contributed by atoms with Crippen LogP contribution in [0.4, 0.5) is 11.4 Å². The van der Waals surface area contributed by atoms with E-state index in [1.807, 2.05) is 24.3 Å². The summed E-state index contributed by atoms with van der Waals surface area (Å²) in [4.78, 5) is 23.3. The van der Waals surface area contributed by atoms with Crippen LogP contribution >= 0.6 is 0 Å². The number of morpholine rings is 2. The summed E-state index contributed by atoms with van der Waals surface area (Å²) in [5, 5.41) is 4.27. The number of hydrogen-bond acceptors (Lipinski definition) is 7. The molecule has 2 saturated heterocycles. The van der Waals surface area contributed by atoms with Crippen LogP contribution in [0.2, 0.25) is 0 Å². The number of aromatic nitrogens is 1. The van der Waals surface area contributed by atoms with Gasteiger partial charge in [0.1, 0.15) is 5.75 Å². The Morgan fingerprint density at radius 2 is 1.76 bits per heavy atom. The second kappa shape index (κ2) is 10.2. The molecule has 3 aromatic rings. The summed E-state index contributed by atoms with van der Waals surface area (Å²) < 4.78 is 17.4. The van der Waals surface area contributed by atoms with Gasteiger partial charge in [-0.25, -0.2) is 0 Å². The van der Waals surface area contributed by atoms with Gasteiger partial charge in [-0.05, 0) is 26.0 Å². The monoisotopic (exact) mass is 502 g/mol. The second-order valence-corrected chi connectivity index (χ2v) is 10.2. The van der Waals surface area contributed by atoms with E-state index in [0.717, 1.165) is 66.2 Å². The van der Waals surface area contributed by atoms with Crippen LogP contribution < -0.4 is 19.9 Å². The topological polar surface area (TPSA) is 76.2 Å². The Hall–Kier alpha value is -3.36. The van der Waals surface area contributed by atoms with Crippen LogP contribution in [-0.2, 0) is 9.47 Å². The van der Waals surface area contributed by atoms with Crippen LogP contribution in [0.3, 0.4) is 0 Å². The molecule has 2 aromatic carbocycles. The number of nitrogens with zero attached hydrogens (tertiary/aromatic N) is 3. The number of anilines is 2. The number of fused-ring (bicyclic) bond motifs is 2. The average Bonchev–Trinajstić information content (AvgIpc) is 2.92.